The van der Waals surface area contributed by atoms with Crippen molar-refractivity contribution in [3.8, 4) is 11.4 Å². The molecule has 0 aliphatic carbocycles. The number of benzene rings is 1. The second-order valence-corrected chi connectivity index (χ2v) is 7.94. The summed E-state index contributed by atoms with van der Waals surface area (Å²) in [6, 6.07) is 9.97. The number of hydrogen-bond acceptors (Lipinski definition) is 4. The molecule has 0 spiro atoms. The number of carbonyl (C=O) groups excluding carboxylic acids is 1. The Balaban J connectivity index is 2.01. The minimum Gasteiger partial charge on any atom is -0.362 e. The average Bonchev–Trinajstić information content (AvgIpc) is 2.66. The van der Waals surface area contributed by atoms with Crippen LogP contribution in [0.25, 0.3) is 11.4 Å². The van der Waals surface area contributed by atoms with E-state index in [4.69, 9.17) is 9.97 Å². The van der Waals surface area contributed by atoms with Gasteiger partial charge in [-0.3, -0.25) is 4.79 Å². The smallest absolute Gasteiger partial charge is 0.232 e. The molecule has 0 radical (unpaired) electrons. The molecule has 0 unspecified atom stereocenters. The fourth-order valence-electron chi connectivity index (χ4n) is 3.25. The lowest BCUT2D eigenvalue weighted by atomic mass is 9.84. The predicted molar refractivity (Wildman–Crippen MR) is 110 cm³/mol. The quantitative estimate of drug-likeness (QED) is 0.776. The normalized spacial score (nSPS) is 13.9. The third kappa shape index (κ3) is 3.59. The summed E-state index contributed by atoms with van der Waals surface area (Å²) in [6.45, 7) is 11.0. The molecule has 5 heteroatoms. The zero-order chi connectivity index (χ0) is 19.8. The van der Waals surface area contributed by atoms with Gasteiger partial charge in [0.15, 0.2) is 5.82 Å². The number of fused-ring (bicyclic) bond motifs is 1. The fraction of sp³-hybridized carbons (Fsp3) is 0.409. The van der Waals surface area contributed by atoms with Crippen LogP contribution in [0.1, 0.15) is 32.0 Å². The Bertz CT molecular complexity index is 871. The van der Waals surface area contributed by atoms with Crippen LogP contribution in [-0.2, 0) is 17.8 Å². The molecule has 0 saturated heterocycles. The summed E-state index contributed by atoms with van der Waals surface area (Å²) < 4.78 is 0. The first-order valence-electron chi connectivity index (χ1n) is 9.29. The molecule has 1 aromatic heterocycles. The van der Waals surface area contributed by atoms with Crippen molar-refractivity contribution in [2.75, 3.05) is 25.5 Å². The molecule has 0 saturated carbocycles. The Morgan fingerprint density at radius 3 is 2.44 bits per heavy atom. The van der Waals surface area contributed by atoms with Crippen LogP contribution in [0, 0.1) is 5.41 Å². The maximum atomic E-state index is 13.1. The maximum Gasteiger partial charge on any atom is 0.232 e. The largest absolute Gasteiger partial charge is 0.362 e. The molecule has 1 aromatic carbocycles. The summed E-state index contributed by atoms with van der Waals surface area (Å²) in [5, 5.41) is 0. The Morgan fingerprint density at radius 1 is 1.19 bits per heavy atom. The summed E-state index contributed by atoms with van der Waals surface area (Å²) in [5.41, 5.74) is 3.35. The first-order valence-corrected chi connectivity index (χ1v) is 9.29. The predicted octanol–water partition coefficient (Wildman–Crippen LogP) is 3.70. The van der Waals surface area contributed by atoms with Crippen LogP contribution >= 0.6 is 0 Å². The molecular formula is C22H28N4O. The van der Waals surface area contributed by atoms with Gasteiger partial charge in [0.1, 0.15) is 5.82 Å². The zero-order valence-corrected chi connectivity index (χ0v) is 16.9. The summed E-state index contributed by atoms with van der Waals surface area (Å²) in [5.74, 6) is 1.74. The van der Waals surface area contributed by atoms with E-state index in [1.807, 2.05) is 75.0 Å². The molecule has 0 atom stereocenters. The summed E-state index contributed by atoms with van der Waals surface area (Å²) in [7, 11) is 4.00. The molecule has 2 aromatic rings. The molecule has 1 aliphatic rings. The van der Waals surface area contributed by atoms with Crippen molar-refractivity contribution in [3.05, 3.63) is 53.7 Å². The molecule has 0 N–H and O–H groups in total. The molecule has 27 heavy (non-hydrogen) atoms. The Labute approximate surface area is 161 Å². The van der Waals surface area contributed by atoms with E-state index < -0.39 is 5.41 Å². The highest BCUT2D eigenvalue weighted by atomic mass is 16.2. The van der Waals surface area contributed by atoms with E-state index in [0.29, 0.717) is 18.9 Å². The van der Waals surface area contributed by atoms with Crippen LogP contribution in [-0.4, -0.2) is 41.4 Å². The Morgan fingerprint density at radius 2 is 1.85 bits per heavy atom. The monoisotopic (exact) mass is 364 g/mol. The van der Waals surface area contributed by atoms with E-state index >= 15 is 0 Å². The Kier molecular flexibility index (Phi) is 5.05. The number of aromatic nitrogens is 2. The number of carbonyl (C=O) groups is 1. The Hall–Kier alpha value is -2.69. The number of rotatable bonds is 4. The van der Waals surface area contributed by atoms with Gasteiger partial charge in [-0.05, 0) is 27.2 Å². The van der Waals surface area contributed by atoms with Gasteiger partial charge in [-0.1, -0.05) is 42.5 Å². The minimum absolute atomic E-state index is 0.104. The molecule has 2 heterocycles. The van der Waals surface area contributed by atoms with Crippen LogP contribution in [0.3, 0.4) is 0 Å². The van der Waals surface area contributed by atoms with Gasteiger partial charge in [-0.2, -0.15) is 0 Å². The van der Waals surface area contributed by atoms with Crippen molar-refractivity contribution in [3.63, 3.8) is 0 Å². The van der Waals surface area contributed by atoms with E-state index in [1.165, 1.54) is 0 Å². The van der Waals surface area contributed by atoms with E-state index in [1.54, 1.807) is 0 Å². The van der Waals surface area contributed by atoms with Gasteiger partial charge in [-0.15, -0.1) is 0 Å². The van der Waals surface area contributed by atoms with Gasteiger partial charge >= 0.3 is 0 Å². The highest BCUT2D eigenvalue weighted by Gasteiger charge is 2.35. The number of amides is 1. The van der Waals surface area contributed by atoms with Crippen molar-refractivity contribution in [1.29, 1.82) is 0 Å². The molecule has 3 rings (SSSR count). The van der Waals surface area contributed by atoms with Crippen LogP contribution in [0.2, 0.25) is 0 Å². The zero-order valence-electron chi connectivity index (χ0n) is 16.9. The van der Waals surface area contributed by atoms with E-state index in [2.05, 4.69) is 6.58 Å². The van der Waals surface area contributed by atoms with Gasteiger partial charge in [0.2, 0.25) is 5.91 Å². The van der Waals surface area contributed by atoms with E-state index in [-0.39, 0.29) is 5.91 Å². The van der Waals surface area contributed by atoms with Crippen LogP contribution in [0.15, 0.2) is 42.5 Å². The highest BCUT2D eigenvalue weighted by molar-refractivity contribution is 5.85. The first-order chi connectivity index (χ1) is 12.7. The van der Waals surface area contributed by atoms with Crippen molar-refractivity contribution >= 4 is 11.7 Å². The van der Waals surface area contributed by atoms with E-state index in [0.717, 1.165) is 34.6 Å². The SMILES string of the molecule is C=C(C)C(C)(C)C(=O)N1CCc2c(nc(-c3ccccc3)nc2N(C)C)C1. The maximum absolute atomic E-state index is 13.1. The molecule has 1 amide bonds. The van der Waals surface area contributed by atoms with E-state index in [9.17, 15) is 4.79 Å². The van der Waals surface area contributed by atoms with Crippen molar-refractivity contribution in [1.82, 2.24) is 14.9 Å². The molecule has 0 bridgehead atoms. The van der Waals surface area contributed by atoms with Gasteiger partial charge in [-0.25, -0.2) is 9.97 Å². The number of hydrogen-bond donors (Lipinski definition) is 0. The first kappa shape index (κ1) is 19.1. The van der Waals surface area contributed by atoms with Gasteiger partial charge in [0.05, 0.1) is 17.7 Å². The van der Waals surface area contributed by atoms with Gasteiger partial charge < -0.3 is 9.80 Å². The molecule has 1 aliphatic heterocycles. The third-order valence-electron chi connectivity index (χ3n) is 5.39. The van der Waals surface area contributed by atoms with Crippen molar-refractivity contribution in [2.45, 2.75) is 33.7 Å². The standard InChI is InChI=1S/C22H28N4O/c1-15(2)22(3,4)21(27)26-13-12-17-18(14-26)23-19(24-20(17)25(5)6)16-10-8-7-9-11-16/h7-11H,1,12-14H2,2-6H3. The third-order valence-corrected chi connectivity index (χ3v) is 5.39. The average molecular weight is 364 g/mol. The molecule has 5 nitrogen and oxygen atoms in total. The lowest BCUT2D eigenvalue weighted by Gasteiger charge is -2.36. The van der Waals surface area contributed by atoms with Crippen molar-refractivity contribution < 1.29 is 4.79 Å². The second kappa shape index (κ2) is 7.14. The van der Waals surface area contributed by atoms with Crippen LogP contribution in [0.4, 0.5) is 5.82 Å². The summed E-state index contributed by atoms with van der Waals surface area (Å²) in [6.07, 6.45) is 0.760. The van der Waals surface area contributed by atoms with Crippen molar-refractivity contribution in [2.24, 2.45) is 5.41 Å². The van der Waals surface area contributed by atoms with Gasteiger partial charge in [0.25, 0.3) is 0 Å². The van der Waals surface area contributed by atoms with Gasteiger partial charge in [0, 0.05) is 31.8 Å². The minimum atomic E-state index is -0.572. The second-order valence-electron chi connectivity index (χ2n) is 7.94. The number of nitrogens with zero attached hydrogens (tertiary/aromatic N) is 4. The topological polar surface area (TPSA) is 49.3 Å². The van der Waals surface area contributed by atoms with Crippen LogP contribution < -0.4 is 4.90 Å². The number of anilines is 1. The molecule has 0 fully saturated rings. The molecule has 142 valence electrons. The lowest BCUT2D eigenvalue weighted by molar-refractivity contribution is -0.139. The summed E-state index contributed by atoms with van der Waals surface area (Å²) >= 11 is 0. The summed E-state index contributed by atoms with van der Waals surface area (Å²) in [4.78, 5) is 26.6. The fourth-order valence-corrected chi connectivity index (χ4v) is 3.25. The lowest BCUT2D eigenvalue weighted by Crippen LogP contribution is -2.44. The van der Waals surface area contributed by atoms with Crippen LogP contribution in [0.5, 0.6) is 0 Å². The molecular weight excluding hydrogens is 336 g/mol. The highest BCUT2D eigenvalue weighted by Crippen LogP contribution is 2.32.